The summed E-state index contributed by atoms with van der Waals surface area (Å²) in [7, 11) is 0. The van der Waals surface area contributed by atoms with E-state index in [4.69, 9.17) is 5.73 Å². The van der Waals surface area contributed by atoms with Crippen LogP contribution in [0.2, 0.25) is 0 Å². The molecular formula is C21H33N3O4. The Labute approximate surface area is 167 Å². The first-order chi connectivity index (χ1) is 13.1. The van der Waals surface area contributed by atoms with Crippen LogP contribution in [-0.4, -0.2) is 52.5 Å². The van der Waals surface area contributed by atoms with E-state index in [0.717, 1.165) is 10.5 Å². The molecule has 0 aliphatic carbocycles. The molecule has 3 amide bonds. The second-order valence-electron chi connectivity index (χ2n) is 7.76. The Balaban J connectivity index is 3.04. The van der Waals surface area contributed by atoms with Crippen molar-refractivity contribution in [2.24, 2.45) is 17.6 Å². The predicted molar refractivity (Wildman–Crippen MR) is 108 cm³/mol. The third-order valence-electron chi connectivity index (χ3n) is 4.65. The molecule has 0 radical (unpaired) electrons. The zero-order chi connectivity index (χ0) is 21.4. The number of hydrogen-bond donors (Lipinski definition) is 3. The van der Waals surface area contributed by atoms with Gasteiger partial charge >= 0.3 is 0 Å². The minimum Gasteiger partial charge on any atom is -0.394 e. The molecule has 0 spiro atoms. The lowest BCUT2D eigenvalue weighted by Crippen LogP contribution is -2.60. The van der Waals surface area contributed by atoms with Crippen molar-refractivity contribution in [3.63, 3.8) is 0 Å². The first kappa shape index (κ1) is 23.8. The lowest BCUT2D eigenvalue weighted by Gasteiger charge is -2.34. The van der Waals surface area contributed by atoms with E-state index >= 15 is 0 Å². The minimum atomic E-state index is -1.00. The average molecular weight is 392 g/mol. The van der Waals surface area contributed by atoms with Crippen LogP contribution in [0.5, 0.6) is 0 Å². The lowest BCUT2D eigenvalue weighted by atomic mass is 9.97. The monoisotopic (exact) mass is 391 g/mol. The molecular weight excluding hydrogens is 358 g/mol. The van der Waals surface area contributed by atoms with Gasteiger partial charge in [0.15, 0.2) is 0 Å². The Kier molecular flexibility index (Phi) is 9.28. The third kappa shape index (κ3) is 6.42. The van der Waals surface area contributed by atoms with Gasteiger partial charge < -0.3 is 16.2 Å². The first-order valence-electron chi connectivity index (χ1n) is 9.64. The number of benzene rings is 1. The molecule has 0 fully saturated rings. The van der Waals surface area contributed by atoms with E-state index in [1.165, 1.54) is 6.92 Å². The molecule has 4 N–H and O–H groups in total. The highest BCUT2D eigenvalue weighted by molar-refractivity contribution is 6.01. The van der Waals surface area contributed by atoms with E-state index in [1.807, 2.05) is 30.3 Å². The number of nitrogens with one attached hydrogen (secondary N) is 1. The van der Waals surface area contributed by atoms with Gasteiger partial charge in [-0.2, -0.15) is 0 Å². The highest BCUT2D eigenvalue weighted by atomic mass is 16.3. The number of carbonyl (C=O) groups is 3. The summed E-state index contributed by atoms with van der Waals surface area (Å²) in [6.07, 6.45) is 0.438. The highest BCUT2D eigenvalue weighted by Crippen LogP contribution is 2.16. The van der Waals surface area contributed by atoms with Crippen molar-refractivity contribution < 1.29 is 19.5 Å². The molecule has 1 aromatic carbocycles. The standard InChI is InChI=1S/C21H33N3O4/c1-13(2)18(22)21(28)24(15(5)26)19(14(3)4)20(27)23-17(12-25)11-16-9-7-6-8-10-16/h6-10,13-14,17-19,25H,11-12,22H2,1-5H3,(H,23,27)/t17-,18-,19-/m0/s1. The zero-order valence-corrected chi connectivity index (χ0v) is 17.4. The van der Waals surface area contributed by atoms with Gasteiger partial charge in [-0.3, -0.25) is 19.3 Å². The molecule has 0 heterocycles. The van der Waals surface area contributed by atoms with Crippen LogP contribution in [0, 0.1) is 11.8 Å². The maximum atomic E-state index is 13.0. The van der Waals surface area contributed by atoms with Crippen molar-refractivity contribution in [1.82, 2.24) is 10.2 Å². The average Bonchev–Trinajstić information content (AvgIpc) is 2.64. The number of nitrogens with two attached hydrogens (primary N) is 1. The van der Waals surface area contributed by atoms with Crippen LogP contribution in [0.1, 0.15) is 40.2 Å². The van der Waals surface area contributed by atoms with Crippen molar-refractivity contribution in [2.75, 3.05) is 6.61 Å². The molecule has 0 bridgehead atoms. The van der Waals surface area contributed by atoms with E-state index in [-0.39, 0.29) is 18.4 Å². The summed E-state index contributed by atoms with van der Waals surface area (Å²) in [6, 6.07) is 7.05. The smallest absolute Gasteiger partial charge is 0.247 e. The number of rotatable bonds is 9. The van der Waals surface area contributed by atoms with Crippen molar-refractivity contribution in [3.8, 4) is 0 Å². The Morgan fingerprint density at radius 1 is 1.07 bits per heavy atom. The maximum absolute atomic E-state index is 13.0. The number of hydrogen-bond acceptors (Lipinski definition) is 5. The Bertz CT molecular complexity index is 661. The summed E-state index contributed by atoms with van der Waals surface area (Å²) in [4.78, 5) is 38.9. The fourth-order valence-electron chi connectivity index (χ4n) is 3.00. The van der Waals surface area contributed by atoms with Crippen LogP contribution in [0.3, 0.4) is 0 Å². The number of imide groups is 1. The normalized spacial score (nSPS) is 14.5. The van der Waals surface area contributed by atoms with Crippen LogP contribution in [-0.2, 0) is 20.8 Å². The van der Waals surface area contributed by atoms with E-state index in [2.05, 4.69) is 5.32 Å². The largest absolute Gasteiger partial charge is 0.394 e. The number of aliphatic hydroxyl groups is 1. The van der Waals surface area contributed by atoms with E-state index in [1.54, 1.807) is 27.7 Å². The van der Waals surface area contributed by atoms with Gasteiger partial charge in [0.2, 0.25) is 17.7 Å². The van der Waals surface area contributed by atoms with Crippen LogP contribution < -0.4 is 11.1 Å². The molecule has 1 aromatic rings. The minimum absolute atomic E-state index is 0.173. The Hall–Kier alpha value is -2.25. The summed E-state index contributed by atoms with van der Waals surface area (Å²) < 4.78 is 0. The van der Waals surface area contributed by atoms with Gasteiger partial charge in [-0.1, -0.05) is 58.0 Å². The van der Waals surface area contributed by atoms with Crippen molar-refractivity contribution in [3.05, 3.63) is 35.9 Å². The van der Waals surface area contributed by atoms with Gasteiger partial charge in [0.25, 0.3) is 0 Å². The zero-order valence-electron chi connectivity index (χ0n) is 17.4. The molecule has 156 valence electrons. The SMILES string of the molecule is CC(=O)N(C(=O)[C@@H](N)C(C)C)[C@H](C(=O)N[C@H](CO)Cc1ccccc1)C(C)C. The van der Waals surface area contributed by atoms with Crippen molar-refractivity contribution in [1.29, 1.82) is 0 Å². The number of nitrogens with zero attached hydrogens (tertiary/aromatic N) is 1. The van der Waals surface area contributed by atoms with Gasteiger partial charge in [-0.25, -0.2) is 0 Å². The number of amides is 3. The van der Waals surface area contributed by atoms with Gasteiger partial charge in [0.05, 0.1) is 18.7 Å². The van der Waals surface area contributed by atoms with Crippen LogP contribution in [0.15, 0.2) is 30.3 Å². The molecule has 3 atom stereocenters. The molecule has 0 saturated heterocycles. The summed E-state index contributed by atoms with van der Waals surface area (Å²) in [5.41, 5.74) is 6.91. The Morgan fingerprint density at radius 2 is 1.64 bits per heavy atom. The summed E-state index contributed by atoms with van der Waals surface area (Å²) >= 11 is 0. The molecule has 1 rings (SSSR count). The van der Waals surface area contributed by atoms with Crippen LogP contribution >= 0.6 is 0 Å². The molecule has 0 unspecified atom stereocenters. The van der Waals surface area contributed by atoms with Crippen molar-refractivity contribution >= 4 is 17.7 Å². The fourth-order valence-corrected chi connectivity index (χ4v) is 3.00. The maximum Gasteiger partial charge on any atom is 0.247 e. The van der Waals surface area contributed by atoms with Gasteiger partial charge in [0, 0.05) is 6.92 Å². The molecule has 0 saturated carbocycles. The second kappa shape index (κ2) is 10.9. The topological polar surface area (TPSA) is 113 Å². The molecule has 0 aromatic heterocycles. The second-order valence-corrected chi connectivity index (χ2v) is 7.76. The summed E-state index contributed by atoms with van der Waals surface area (Å²) in [5.74, 6) is -2.07. The summed E-state index contributed by atoms with van der Waals surface area (Å²) in [5, 5.41) is 12.5. The summed E-state index contributed by atoms with van der Waals surface area (Å²) in [6.45, 7) is 8.09. The predicted octanol–water partition coefficient (Wildman–Crippen LogP) is 1.09. The van der Waals surface area contributed by atoms with Crippen molar-refractivity contribution in [2.45, 2.75) is 59.2 Å². The number of carbonyl (C=O) groups excluding carboxylic acids is 3. The molecule has 7 heteroatoms. The highest BCUT2D eigenvalue weighted by Gasteiger charge is 2.38. The van der Waals surface area contributed by atoms with E-state index in [0.29, 0.717) is 6.42 Å². The lowest BCUT2D eigenvalue weighted by molar-refractivity contribution is -0.154. The van der Waals surface area contributed by atoms with Crippen LogP contribution in [0.4, 0.5) is 0 Å². The number of aliphatic hydroxyl groups excluding tert-OH is 1. The van der Waals surface area contributed by atoms with Crippen LogP contribution in [0.25, 0.3) is 0 Å². The van der Waals surface area contributed by atoms with E-state index < -0.39 is 35.8 Å². The van der Waals surface area contributed by atoms with Gasteiger partial charge in [0.1, 0.15) is 6.04 Å². The molecule has 0 aliphatic heterocycles. The van der Waals surface area contributed by atoms with E-state index in [9.17, 15) is 19.5 Å². The Morgan fingerprint density at radius 3 is 2.07 bits per heavy atom. The fraction of sp³-hybridized carbons (Fsp3) is 0.571. The quantitative estimate of drug-likeness (QED) is 0.583. The first-order valence-corrected chi connectivity index (χ1v) is 9.64. The molecule has 0 aliphatic rings. The molecule has 28 heavy (non-hydrogen) atoms. The van der Waals surface area contributed by atoms with Gasteiger partial charge in [-0.15, -0.1) is 0 Å². The van der Waals surface area contributed by atoms with Gasteiger partial charge in [-0.05, 0) is 23.8 Å². The molecule has 7 nitrogen and oxygen atoms in total. The third-order valence-corrected chi connectivity index (χ3v) is 4.65.